The summed E-state index contributed by atoms with van der Waals surface area (Å²) >= 11 is 0. The number of imide groups is 1. The highest BCUT2D eigenvalue weighted by Gasteiger charge is 2.49. The summed E-state index contributed by atoms with van der Waals surface area (Å²) in [7, 11) is 0. The van der Waals surface area contributed by atoms with Crippen molar-refractivity contribution in [3.63, 3.8) is 0 Å². The van der Waals surface area contributed by atoms with Crippen LogP contribution in [0, 0.1) is 0 Å². The van der Waals surface area contributed by atoms with Crippen LogP contribution in [0.3, 0.4) is 0 Å². The zero-order valence-corrected chi connectivity index (χ0v) is 12.0. The third-order valence-electron chi connectivity index (χ3n) is 3.75. The fourth-order valence-electron chi connectivity index (χ4n) is 2.71. The van der Waals surface area contributed by atoms with E-state index >= 15 is 0 Å². The molecule has 4 amide bonds. The van der Waals surface area contributed by atoms with Gasteiger partial charge in [0.05, 0.1) is 6.54 Å². The van der Waals surface area contributed by atoms with Crippen molar-refractivity contribution in [1.82, 2.24) is 20.9 Å². The molecule has 3 N–H and O–H groups in total. The summed E-state index contributed by atoms with van der Waals surface area (Å²) in [4.78, 5) is 37.0. The van der Waals surface area contributed by atoms with Crippen molar-refractivity contribution in [2.45, 2.75) is 44.7 Å². The van der Waals surface area contributed by atoms with Gasteiger partial charge in [0, 0.05) is 25.6 Å². The normalized spacial score (nSPS) is 26.1. The predicted molar refractivity (Wildman–Crippen MR) is 73.0 cm³/mol. The van der Waals surface area contributed by atoms with E-state index in [0.717, 1.165) is 6.42 Å². The van der Waals surface area contributed by atoms with E-state index in [9.17, 15) is 14.4 Å². The maximum atomic E-state index is 12.1. The van der Waals surface area contributed by atoms with E-state index in [-0.39, 0.29) is 18.4 Å². The van der Waals surface area contributed by atoms with Gasteiger partial charge in [-0.25, -0.2) is 4.79 Å². The molecular weight excluding hydrogens is 260 g/mol. The summed E-state index contributed by atoms with van der Waals surface area (Å²) < 4.78 is 0. The van der Waals surface area contributed by atoms with E-state index < -0.39 is 11.6 Å². The lowest BCUT2D eigenvalue weighted by Gasteiger charge is -2.38. The van der Waals surface area contributed by atoms with Crippen molar-refractivity contribution in [1.29, 1.82) is 0 Å². The molecule has 2 fully saturated rings. The maximum absolute atomic E-state index is 12.1. The van der Waals surface area contributed by atoms with Gasteiger partial charge in [-0.05, 0) is 12.8 Å². The van der Waals surface area contributed by atoms with E-state index in [4.69, 9.17) is 0 Å². The quantitative estimate of drug-likeness (QED) is 0.611. The van der Waals surface area contributed by atoms with E-state index in [2.05, 4.69) is 16.0 Å². The molecule has 1 atom stereocenters. The van der Waals surface area contributed by atoms with Crippen molar-refractivity contribution in [3.8, 4) is 0 Å². The fourth-order valence-corrected chi connectivity index (χ4v) is 2.71. The highest BCUT2D eigenvalue weighted by atomic mass is 16.2. The van der Waals surface area contributed by atoms with Gasteiger partial charge in [-0.2, -0.15) is 0 Å². The smallest absolute Gasteiger partial charge is 0.322 e. The van der Waals surface area contributed by atoms with Gasteiger partial charge in [0.15, 0.2) is 0 Å². The Morgan fingerprint density at radius 2 is 2.20 bits per heavy atom. The van der Waals surface area contributed by atoms with Crippen molar-refractivity contribution >= 4 is 17.8 Å². The van der Waals surface area contributed by atoms with Crippen LogP contribution in [0.25, 0.3) is 0 Å². The molecule has 0 saturated carbocycles. The number of nitrogens with zero attached hydrogens (tertiary/aromatic N) is 1. The summed E-state index contributed by atoms with van der Waals surface area (Å²) in [5, 5.41) is 8.12. The van der Waals surface area contributed by atoms with E-state index in [1.54, 1.807) is 4.90 Å². The van der Waals surface area contributed by atoms with Crippen LogP contribution < -0.4 is 16.0 Å². The largest absolute Gasteiger partial charge is 0.340 e. The van der Waals surface area contributed by atoms with Crippen LogP contribution in [0.15, 0.2) is 0 Å². The summed E-state index contributed by atoms with van der Waals surface area (Å²) in [6.45, 7) is 5.59. The SMILES string of the molecule is CC(C)NCCC(=O)N1CCCC2(C1)NC(=O)NC2=O. The third kappa shape index (κ3) is 3.09. The van der Waals surface area contributed by atoms with Gasteiger partial charge >= 0.3 is 6.03 Å². The van der Waals surface area contributed by atoms with Crippen LogP contribution in [0.4, 0.5) is 4.79 Å². The molecule has 0 aromatic carbocycles. The molecule has 7 heteroatoms. The lowest BCUT2D eigenvalue weighted by Crippen LogP contribution is -2.59. The molecule has 2 saturated heterocycles. The van der Waals surface area contributed by atoms with Gasteiger partial charge in [0.25, 0.3) is 5.91 Å². The lowest BCUT2D eigenvalue weighted by molar-refractivity contribution is -0.136. The topological polar surface area (TPSA) is 90.5 Å². The number of hydrogen-bond donors (Lipinski definition) is 3. The van der Waals surface area contributed by atoms with Crippen molar-refractivity contribution in [2.24, 2.45) is 0 Å². The third-order valence-corrected chi connectivity index (χ3v) is 3.75. The Kier molecular flexibility index (Phi) is 4.27. The second kappa shape index (κ2) is 5.78. The molecule has 0 aromatic heterocycles. The summed E-state index contributed by atoms with van der Waals surface area (Å²) in [6.07, 6.45) is 1.71. The first-order valence-electron chi connectivity index (χ1n) is 7.08. The monoisotopic (exact) mass is 282 g/mol. The Morgan fingerprint density at radius 3 is 2.80 bits per heavy atom. The molecule has 7 nitrogen and oxygen atoms in total. The van der Waals surface area contributed by atoms with Crippen molar-refractivity contribution in [3.05, 3.63) is 0 Å². The minimum atomic E-state index is -0.920. The zero-order chi connectivity index (χ0) is 14.8. The highest BCUT2D eigenvalue weighted by molar-refractivity contribution is 6.07. The number of hydrogen-bond acceptors (Lipinski definition) is 4. The average molecular weight is 282 g/mol. The minimum Gasteiger partial charge on any atom is -0.340 e. The molecule has 112 valence electrons. The van der Waals surface area contributed by atoms with Crippen LogP contribution in [0.2, 0.25) is 0 Å². The number of rotatable bonds is 4. The number of likely N-dealkylation sites (tertiary alicyclic amines) is 1. The summed E-state index contributed by atoms with van der Waals surface area (Å²) in [5.41, 5.74) is -0.920. The molecule has 0 radical (unpaired) electrons. The number of amides is 4. The van der Waals surface area contributed by atoms with Crippen molar-refractivity contribution < 1.29 is 14.4 Å². The Hall–Kier alpha value is -1.63. The molecule has 2 aliphatic heterocycles. The second-order valence-corrected chi connectivity index (χ2v) is 5.77. The molecular formula is C13H22N4O3. The van der Waals surface area contributed by atoms with Crippen molar-refractivity contribution in [2.75, 3.05) is 19.6 Å². The molecule has 1 spiro atoms. The van der Waals surface area contributed by atoms with Gasteiger partial charge in [-0.15, -0.1) is 0 Å². The first kappa shape index (κ1) is 14.8. The Balaban J connectivity index is 1.92. The van der Waals surface area contributed by atoms with E-state index in [1.807, 2.05) is 13.8 Å². The maximum Gasteiger partial charge on any atom is 0.322 e. The molecule has 0 aliphatic carbocycles. The van der Waals surface area contributed by atoms with Gasteiger partial charge in [0.2, 0.25) is 5.91 Å². The molecule has 0 aromatic rings. The van der Waals surface area contributed by atoms with Crippen LogP contribution in [0.5, 0.6) is 0 Å². The van der Waals surface area contributed by atoms with Crippen LogP contribution >= 0.6 is 0 Å². The number of carbonyl (C=O) groups is 3. The molecule has 0 bridgehead atoms. The fraction of sp³-hybridized carbons (Fsp3) is 0.769. The predicted octanol–water partition coefficient (Wildman–Crippen LogP) is -0.425. The second-order valence-electron chi connectivity index (χ2n) is 5.77. The Morgan fingerprint density at radius 1 is 1.45 bits per heavy atom. The van der Waals surface area contributed by atoms with Crippen LogP contribution in [-0.2, 0) is 9.59 Å². The molecule has 2 aliphatic rings. The number of urea groups is 1. The first-order chi connectivity index (χ1) is 9.43. The van der Waals surface area contributed by atoms with Crippen LogP contribution in [0.1, 0.15) is 33.1 Å². The molecule has 1 unspecified atom stereocenters. The highest BCUT2D eigenvalue weighted by Crippen LogP contribution is 2.24. The molecule has 2 heterocycles. The average Bonchev–Trinajstić information content (AvgIpc) is 2.63. The Bertz CT molecular complexity index is 424. The Labute approximate surface area is 118 Å². The van der Waals surface area contributed by atoms with Gasteiger partial charge < -0.3 is 15.5 Å². The van der Waals surface area contributed by atoms with Crippen LogP contribution in [-0.4, -0.2) is 54.0 Å². The first-order valence-corrected chi connectivity index (χ1v) is 7.08. The summed E-state index contributed by atoms with van der Waals surface area (Å²) in [5.74, 6) is -0.300. The number of carbonyl (C=O) groups excluding carboxylic acids is 3. The van der Waals surface area contributed by atoms with Gasteiger partial charge in [-0.1, -0.05) is 13.8 Å². The minimum absolute atomic E-state index is 0.0196. The van der Waals surface area contributed by atoms with E-state index in [1.165, 1.54) is 0 Å². The molecule has 20 heavy (non-hydrogen) atoms. The standard InChI is InChI=1S/C13H22N4O3/c1-9(2)14-6-4-10(18)17-7-3-5-13(8-17)11(19)15-12(20)16-13/h9,14H,3-8H2,1-2H3,(H2,15,16,19,20). The zero-order valence-electron chi connectivity index (χ0n) is 12.0. The number of nitrogens with one attached hydrogen (secondary N) is 3. The van der Waals surface area contributed by atoms with Gasteiger partial charge in [-0.3, -0.25) is 14.9 Å². The number of piperidine rings is 1. The lowest BCUT2D eigenvalue weighted by atomic mass is 9.89. The molecule has 2 rings (SSSR count). The van der Waals surface area contributed by atoms with Gasteiger partial charge in [0.1, 0.15) is 5.54 Å². The summed E-state index contributed by atoms with van der Waals surface area (Å²) in [6, 6.07) is -0.124. The van der Waals surface area contributed by atoms with E-state index in [0.29, 0.717) is 32.0 Å².